The topological polar surface area (TPSA) is 34.1 Å². The maximum atomic E-state index is 6.28. The molecule has 0 aliphatic heterocycles. The van der Waals surface area contributed by atoms with Gasteiger partial charge < -0.3 is 10.1 Å². The molecule has 2 unspecified atom stereocenters. The molecule has 1 N–H and O–H groups in total. The first-order valence-corrected chi connectivity index (χ1v) is 7.41. The van der Waals surface area contributed by atoms with Crippen molar-refractivity contribution in [2.45, 2.75) is 45.0 Å². The molecule has 2 rings (SSSR count). The van der Waals surface area contributed by atoms with E-state index in [-0.39, 0.29) is 0 Å². The molecule has 0 radical (unpaired) electrons. The Morgan fingerprint density at radius 2 is 2.21 bits per heavy atom. The Kier molecular flexibility index (Phi) is 5.06. The minimum absolute atomic E-state index is 0.342. The second-order valence-corrected chi connectivity index (χ2v) is 5.94. The summed E-state index contributed by atoms with van der Waals surface area (Å²) in [5.41, 5.74) is 3.27. The number of aromatic nitrogens is 1. The minimum atomic E-state index is 0.342. The van der Waals surface area contributed by atoms with Crippen LogP contribution in [-0.2, 0) is 6.54 Å². The first kappa shape index (κ1) is 14.6. The molecule has 1 aliphatic rings. The van der Waals surface area contributed by atoms with Crippen LogP contribution in [0.1, 0.15) is 36.1 Å². The fraction of sp³-hybridized carbons (Fsp3) is 0.667. The average molecular weight is 283 g/mol. The van der Waals surface area contributed by atoms with E-state index in [2.05, 4.69) is 17.2 Å². The molecule has 106 valence electrons. The summed E-state index contributed by atoms with van der Waals surface area (Å²) >= 11 is 6.28. The maximum absolute atomic E-state index is 6.28. The number of aryl methyl sites for hydroxylation is 1. The van der Waals surface area contributed by atoms with Gasteiger partial charge in [-0.1, -0.05) is 6.42 Å². The Hall–Kier alpha value is -0.800. The van der Waals surface area contributed by atoms with Crippen molar-refractivity contribution in [3.63, 3.8) is 0 Å². The van der Waals surface area contributed by atoms with Crippen LogP contribution in [0.25, 0.3) is 0 Å². The average Bonchev–Trinajstić information content (AvgIpc) is 2.79. The molecule has 1 aliphatic carbocycles. The largest absolute Gasteiger partial charge is 0.496 e. The van der Waals surface area contributed by atoms with Gasteiger partial charge in [0.05, 0.1) is 12.8 Å². The van der Waals surface area contributed by atoms with Gasteiger partial charge in [0.25, 0.3) is 0 Å². The molecule has 0 amide bonds. The molecule has 2 atom stereocenters. The van der Waals surface area contributed by atoms with Crippen LogP contribution in [-0.4, -0.2) is 24.0 Å². The zero-order chi connectivity index (χ0) is 13.8. The highest BCUT2D eigenvalue weighted by Crippen LogP contribution is 2.29. The highest BCUT2D eigenvalue weighted by Gasteiger charge is 2.24. The molecule has 0 aromatic carbocycles. The van der Waals surface area contributed by atoms with Gasteiger partial charge >= 0.3 is 0 Å². The van der Waals surface area contributed by atoms with Crippen molar-refractivity contribution in [3.05, 3.63) is 23.0 Å². The van der Waals surface area contributed by atoms with Crippen molar-refractivity contribution in [2.75, 3.05) is 13.7 Å². The van der Waals surface area contributed by atoms with E-state index in [4.69, 9.17) is 16.3 Å². The Labute approximate surface area is 120 Å². The van der Waals surface area contributed by atoms with Crippen LogP contribution in [0.4, 0.5) is 0 Å². The summed E-state index contributed by atoms with van der Waals surface area (Å²) in [6.45, 7) is 5.84. The van der Waals surface area contributed by atoms with Crippen LogP contribution in [0.3, 0.4) is 0 Å². The molecule has 1 fully saturated rings. The van der Waals surface area contributed by atoms with E-state index in [1.54, 1.807) is 7.11 Å². The first-order valence-electron chi connectivity index (χ1n) is 6.97. The van der Waals surface area contributed by atoms with E-state index < -0.39 is 0 Å². The van der Waals surface area contributed by atoms with Crippen LogP contribution < -0.4 is 10.1 Å². The number of ether oxygens (including phenoxy) is 1. The second-order valence-electron chi connectivity index (χ2n) is 5.38. The molecule has 19 heavy (non-hydrogen) atoms. The molecule has 1 aromatic rings. The fourth-order valence-corrected chi connectivity index (χ4v) is 3.22. The predicted octanol–water partition coefficient (Wildman–Crippen LogP) is 3.20. The zero-order valence-corrected chi connectivity index (χ0v) is 12.8. The van der Waals surface area contributed by atoms with Gasteiger partial charge in [0.1, 0.15) is 5.75 Å². The van der Waals surface area contributed by atoms with Crippen LogP contribution >= 0.6 is 11.6 Å². The highest BCUT2D eigenvalue weighted by atomic mass is 35.5. The van der Waals surface area contributed by atoms with Crippen LogP contribution in [0, 0.1) is 19.8 Å². The molecule has 3 nitrogen and oxygen atoms in total. The molecule has 1 aromatic heterocycles. The molecular weight excluding hydrogens is 260 g/mol. The van der Waals surface area contributed by atoms with Gasteiger partial charge in [-0.2, -0.15) is 0 Å². The summed E-state index contributed by atoms with van der Waals surface area (Å²) in [7, 11) is 1.71. The normalized spacial score (nSPS) is 22.7. The van der Waals surface area contributed by atoms with E-state index in [0.717, 1.165) is 42.1 Å². The molecule has 4 heteroatoms. The van der Waals surface area contributed by atoms with Gasteiger partial charge in [0.15, 0.2) is 0 Å². The Morgan fingerprint density at radius 3 is 2.84 bits per heavy atom. The third-order valence-corrected chi connectivity index (χ3v) is 4.59. The van der Waals surface area contributed by atoms with Crippen LogP contribution in [0.15, 0.2) is 6.20 Å². The lowest BCUT2D eigenvalue weighted by atomic mass is 10.1. The number of rotatable bonds is 5. The standard InChI is InChI=1S/C15H23ClN2O/c1-10-7-18-14(11(2)15(10)19-3)9-17-8-12-5-4-6-13(12)16/h7,12-13,17H,4-6,8-9H2,1-3H3. The smallest absolute Gasteiger partial charge is 0.128 e. The molecule has 0 saturated heterocycles. The van der Waals surface area contributed by atoms with Gasteiger partial charge in [-0.15, -0.1) is 11.6 Å². The minimum Gasteiger partial charge on any atom is -0.496 e. The van der Waals surface area contributed by atoms with Crippen molar-refractivity contribution < 1.29 is 4.74 Å². The lowest BCUT2D eigenvalue weighted by molar-refractivity contribution is 0.406. The lowest BCUT2D eigenvalue weighted by Crippen LogP contribution is -2.26. The summed E-state index contributed by atoms with van der Waals surface area (Å²) in [5.74, 6) is 1.55. The predicted molar refractivity (Wildman–Crippen MR) is 79.0 cm³/mol. The summed E-state index contributed by atoms with van der Waals surface area (Å²) in [6.07, 6.45) is 5.53. The first-order chi connectivity index (χ1) is 9.13. The van der Waals surface area contributed by atoms with E-state index in [1.807, 2.05) is 13.1 Å². The summed E-state index contributed by atoms with van der Waals surface area (Å²) in [6, 6.07) is 0. The Bertz CT molecular complexity index is 436. The van der Waals surface area contributed by atoms with Crippen molar-refractivity contribution in [1.82, 2.24) is 10.3 Å². The van der Waals surface area contributed by atoms with Crippen molar-refractivity contribution >= 4 is 11.6 Å². The number of hydrogen-bond donors (Lipinski definition) is 1. The third kappa shape index (κ3) is 3.40. The van der Waals surface area contributed by atoms with Crippen molar-refractivity contribution in [3.8, 4) is 5.75 Å². The maximum Gasteiger partial charge on any atom is 0.128 e. The van der Waals surface area contributed by atoms with Gasteiger partial charge in [-0.05, 0) is 39.2 Å². The third-order valence-electron chi connectivity index (χ3n) is 4.02. The van der Waals surface area contributed by atoms with E-state index in [1.165, 1.54) is 12.8 Å². The van der Waals surface area contributed by atoms with Gasteiger partial charge in [0, 0.05) is 29.2 Å². The number of alkyl halides is 1. The van der Waals surface area contributed by atoms with Crippen LogP contribution in [0.2, 0.25) is 0 Å². The van der Waals surface area contributed by atoms with Crippen molar-refractivity contribution in [1.29, 1.82) is 0 Å². The quantitative estimate of drug-likeness (QED) is 0.842. The monoisotopic (exact) mass is 282 g/mol. The van der Waals surface area contributed by atoms with Crippen molar-refractivity contribution in [2.24, 2.45) is 5.92 Å². The SMILES string of the molecule is COc1c(C)cnc(CNCC2CCCC2Cl)c1C. The van der Waals surface area contributed by atoms with Crippen LogP contribution in [0.5, 0.6) is 5.75 Å². The molecular formula is C15H23ClN2O. The van der Waals surface area contributed by atoms with E-state index in [9.17, 15) is 0 Å². The molecule has 1 saturated carbocycles. The molecule has 1 heterocycles. The zero-order valence-electron chi connectivity index (χ0n) is 12.0. The number of pyridine rings is 1. The number of halogens is 1. The number of nitrogens with zero attached hydrogens (tertiary/aromatic N) is 1. The molecule has 0 spiro atoms. The lowest BCUT2D eigenvalue weighted by Gasteiger charge is -2.16. The van der Waals surface area contributed by atoms with E-state index in [0.29, 0.717) is 11.3 Å². The number of methoxy groups -OCH3 is 1. The van der Waals surface area contributed by atoms with Gasteiger partial charge in [-0.25, -0.2) is 0 Å². The highest BCUT2D eigenvalue weighted by molar-refractivity contribution is 6.20. The Balaban J connectivity index is 1.92. The summed E-state index contributed by atoms with van der Waals surface area (Å²) in [4.78, 5) is 4.49. The molecule has 0 bridgehead atoms. The Morgan fingerprint density at radius 1 is 1.42 bits per heavy atom. The fourth-order valence-electron chi connectivity index (χ4n) is 2.85. The summed E-state index contributed by atoms with van der Waals surface area (Å²) < 4.78 is 5.42. The number of nitrogens with one attached hydrogen (secondary N) is 1. The summed E-state index contributed by atoms with van der Waals surface area (Å²) in [5, 5.41) is 3.82. The second kappa shape index (κ2) is 6.58. The van der Waals surface area contributed by atoms with E-state index >= 15 is 0 Å². The van der Waals surface area contributed by atoms with Gasteiger partial charge in [0.2, 0.25) is 0 Å². The van der Waals surface area contributed by atoms with Gasteiger partial charge in [-0.3, -0.25) is 4.98 Å². The number of hydrogen-bond acceptors (Lipinski definition) is 3.